The molecule has 0 radical (unpaired) electrons. The minimum absolute atomic E-state index is 0.0174. The molecule has 1 unspecified atom stereocenters. The molecule has 20 heavy (non-hydrogen) atoms. The van der Waals surface area contributed by atoms with Crippen LogP contribution >= 0.6 is 0 Å². The molecule has 1 aliphatic heterocycles. The molecule has 1 heterocycles. The molecule has 1 fully saturated rings. The maximum Gasteiger partial charge on any atom is 0.143 e. The zero-order chi connectivity index (χ0) is 14.6. The summed E-state index contributed by atoms with van der Waals surface area (Å²) in [7, 11) is 1.64. The fourth-order valence-electron chi connectivity index (χ4n) is 2.96. The highest BCUT2D eigenvalue weighted by molar-refractivity contribution is 5.73. The molecule has 1 aliphatic rings. The summed E-state index contributed by atoms with van der Waals surface area (Å²) < 4.78 is 11.3. The van der Waals surface area contributed by atoms with Crippen LogP contribution in [0.2, 0.25) is 0 Å². The number of anilines is 2. The minimum Gasteiger partial charge on any atom is -0.495 e. The summed E-state index contributed by atoms with van der Waals surface area (Å²) >= 11 is 0. The normalized spacial score (nSPS) is 21.4. The molecule has 1 aromatic rings. The van der Waals surface area contributed by atoms with Crippen LogP contribution in [0.4, 0.5) is 11.4 Å². The summed E-state index contributed by atoms with van der Waals surface area (Å²) in [4.78, 5) is 0. The first kappa shape index (κ1) is 15.0. The summed E-state index contributed by atoms with van der Waals surface area (Å²) in [6.07, 6.45) is 4.14. The number of methoxy groups -OCH3 is 1. The van der Waals surface area contributed by atoms with Crippen LogP contribution < -0.4 is 15.8 Å². The van der Waals surface area contributed by atoms with Crippen LogP contribution in [0.1, 0.15) is 39.5 Å². The number of para-hydroxylation sites is 1. The van der Waals surface area contributed by atoms with Crippen molar-refractivity contribution in [1.29, 1.82) is 0 Å². The number of nitrogens with two attached hydrogens (primary N) is 1. The number of nitrogens with one attached hydrogen (secondary N) is 1. The maximum absolute atomic E-state index is 6.12. The van der Waals surface area contributed by atoms with E-state index in [2.05, 4.69) is 19.2 Å². The Morgan fingerprint density at radius 2 is 2.15 bits per heavy atom. The summed E-state index contributed by atoms with van der Waals surface area (Å²) in [5.41, 5.74) is 7.78. The third-order valence-electron chi connectivity index (χ3n) is 4.43. The van der Waals surface area contributed by atoms with Crippen LogP contribution in [0.25, 0.3) is 0 Å². The van der Waals surface area contributed by atoms with E-state index in [1.54, 1.807) is 7.11 Å². The second kappa shape index (κ2) is 6.35. The van der Waals surface area contributed by atoms with Gasteiger partial charge in [0.15, 0.2) is 0 Å². The average molecular weight is 278 g/mol. The lowest BCUT2D eigenvalue weighted by atomic mass is 9.86. The van der Waals surface area contributed by atoms with Gasteiger partial charge in [-0.2, -0.15) is 0 Å². The number of hydrogen-bond acceptors (Lipinski definition) is 4. The second-order valence-corrected chi connectivity index (χ2v) is 5.49. The van der Waals surface area contributed by atoms with Crippen LogP contribution in [-0.2, 0) is 4.74 Å². The first-order valence-electron chi connectivity index (χ1n) is 7.47. The van der Waals surface area contributed by atoms with Gasteiger partial charge in [-0.25, -0.2) is 0 Å². The van der Waals surface area contributed by atoms with Crippen molar-refractivity contribution < 1.29 is 9.47 Å². The van der Waals surface area contributed by atoms with Crippen LogP contribution in [0.3, 0.4) is 0 Å². The summed E-state index contributed by atoms with van der Waals surface area (Å²) in [5, 5.41) is 3.56. The minimum atomic E-state index is 0.0174. The van der Waals surface area contributed by atoms with Crippen LogP contribution in [0.15, 0.2) is 18.2 Å². The summed E-state index contributed by atoms with van der Waals surface area (Å²) in [6.45, 7) is 5.21. The first-order chi connectivity index (χ1) is 9.64. The second-order valence-electron chi connectivity index (χ2n) is 5.49. The molecular formula is C16H26N2O2. The summed E-state index contributed by atoms with van der Waals surface area (Å²) in [6, 6.07) is 6.25. The molecule has 1 saturated heterocycles. The van der Waals surface area contributed by atoms with Gasteiger partial charge in [0.05, 0.1) is 24.1 Å². The van der Waals surface area contributed by atoms with Gasteiger partial charge in [-0.1, -0.05) is 19.9 Å². The Labute approximate surface area is 121 Å². The molecular weight excluding hydrogens is 252 g/mol. The van der Waals surface area contributed by atoms with Crippen molar-refractivity contribution in [2.75, 3.05) is 24.8 Å². The SMILES string of the molecule is CCC1(CC)CC(Nc2cccc(OC)c2N)CCO1. The predicted molar refractivity (Wildman–Crippen MR) is 83.3 cm³/mol. The van der Waals surface area contributed by atoms with Crippen LogP contribution in [-0.4, -0.2) is 25.4 Å². The molecule has 1 atom stereocenters. The topological polar surface area (TPSA) is 56.5 Å². The fourth-order valence-corrected chi connectivity index (χ4v) is 2.96. The Bertz CT molecular complexity index is 444. The first-order valence-corrected chi connectivity index (χ1v) is 7.47. The van der Waals surface area contributed by atoms with E-state index in [0.29, 0.717) is 11.7 Å². The van der Waals surface area contributed by atoms with Crippen LogP contribution in [0, 0.1) is 0 Å². The van der Waals surface area contributed by atoms with Gasteiger partial charge < -0.3 is 20.5 Å². The highest BCUT2D eigenvalue weighted by Crippen LogP contribution is 2.35. The molecule has 112 valence electrons. The smallest absolute Gasteiger partial charge is 0.143 e. The molecule has 4 nitrogen and oxygen atoms in total. The molecule has 0 aromatic heterocycles. The van der Waals surface area contributed by atoms with Gasteiger partial charge in [-0.05, 0) is 37.8 Å². The Hall–Kier alpha value is -1.42. The highest BCUT2D eigenvalue weighted by Gasteiger charge is 2.34. The molecule has 0 aliphatic carbocycles. The number of ether oxygens (including phenoxy) is 2. The fraction of sp³-hybridized carbons (Fsp3) is 0.625. The van der Waals surface area contributed by atoms with Crippen molar-refractivity contribution >= 4 is 11.4 Å². The number of nitrogen functional groups attached to an aromatic ring is 1. The number of hydrogen-bond donors (Lipinski definition) is 2. The van der Waals surface area contributed by atoms with Gasteiger partial charge in [0.25, 0.3) is 0 Å². The van der Waals surface area contributed by atoms with Crippen molar-refractivity contribution in [3.8, 4) is 5.75 Å². The van der Waals surface area contributed by atoms with Gasteiger partial charge in [-0.3, -0.25) is 0 Å². The lowest BCUT2D eigenvalue weighted by Gasteiger charge is -2.40. The monoisotopic (exact) mass is 278 g/mol. The number of rotatable bonds is 5. The summed E-state index contributed by atoms with van der Waals surface area (Å²) in [5.74, 6) is 0.722. The molecule has 0 spiro atoms. The van der Waals surface area contributed by atoms with Crippen molar-refractivity contribution in [2.24, 2.45) is 0 Å². The standard InChI is InChI=1S/C16H26N2O2/c1-4-16(5-2)11-12(9-10-20-16)18-13-7-6-8-14(19-3)15(13)17/h6-8,12,18H,4-5,9-11,17H2,1-3H3. The van der Waals surface area contributed by atoms with Crippen molar-refractivity contribution in [3.63, 3.8) is 0 Å². The zero-order valence-corrected chi connectivity index (χ0v) is 12.7. The third-order valence-corrected chi connectivity index (χ3v) is 4.43. The number of benzene rings is 1. The van der Waals surface area contributed by atoms with E-state index in [4.69, 9.17) is 15.2 Å². The molecule has 0 amide bonds. The molecule has 1 aromatic carbocycles. The lowest BCUT2D eigenvalue weighted by molar-refractivity contribution is -0.0864. The van der Waals surface area contributed by atoms with E-state index >= 15 is 0 Å². The van der Waals surface area contributed by atoms with Gasteiger partial charge >= 0.3 is 0 Å². The van der Waals surface area contributed by atoms with E-state index in [0.717, 1.165) is 43.7 Å². The Morgan fingerprint density at radius 1 is 1.40 bits per heavy atom. The predicted octanol–water partition coefficient (Wildman–Crippen LogP) is 3.43. The van der Waals surface area contributed by atoms with Crippen LogP contribution in [0.5, 0.6) is 5.75 Å². The van der Waals surface area contributed by atoms with E-state index in [-0.39, 0.29) is 5.60 Å². The highest BCUT2D eigenvalue weighted by atomic mass is 16.5. The van der Waals surface area contributed by atoms with Crippen molar-refractivity contribution in [3.05, 3.63) is 18.2 Å². The molecule has 0 bridgehead atoms. The van der Waals surface area contributed by atoms with E-state index in [1.807, 2.05) is 18.2 Å². The van der Waals surface area contributed by atoms with Crippen molar-refractivity contribution in [1.82, 2.24) is 0 Å². The average Bonchev–Trinajstić information content (AvgIpc) is 2.49. The van der Waals surface area contributed by atoms with Gasteiger partial charge in [0.1, 0.15) is 5.75 Å². The lowest BCUT2D eigenvalue weighted by Crippen LogP contribution is -2.43. The molecule has 3 N–H and O–H groups in total. The van der Waals surface area contributed by atoms with E-state index in [1.165, 1.54) is 0 Å². The Kier molecular flexibility index (Phi) is 4.76. The zero-order valence-electron chi connectivity index (χ0n) is 12.7. The largest absolute Gasteiger partial charge is 0.495 e. The molecule has 4 heteroatoms. The van der Waals surface area contributed by atoms with E-state index < -0.39 is 0 Å². The van der Waals surface area contributed by atoms with Gasteiger partial charge in [-0.15, -0.1) is 0 Å². The maximum atomic E-state index is 6.12. The molecule has 0 saturated carbocycles. The van der Waals surface area contributed by atoms with E-state index in [9.17, 15) is 0 Å². The Morgan fingerprint density at radius 3 is 2.80 bits per heavy atom. The Balaban J connectivity index is 2.10. The quantitative estimate of drug-likeness (QED) is 0.810. The van der Waals surface area contributed by atoms with Gasteiger partial charge in [0, 0.05) is 12.6 Å². The van der Waals surface area contributed by atoms with Crippen molar-refractivity contribution in [2.45, 2.75) is 51.2 Å². The van der Waals surface area contributed by atoms with Gasteiger partial charge in [0.2, 0.25) is 0 Å². The third kappa shape index (κ3) is 3.01. The molecule has 2 rings (SSSR count).